The number of halogens is 2. The van der Waals surface area contributed by atoms with Crippen LogP contribution >= 0.6 is 11.3 Å². The van der Waals surface area contributed by atoms with Gasteiger partial charge in [0.2, 0.25) is 10.0 Å². The summed E-state index contributed by atoms with van der Waals surface area (Å²) in [6, 6.07) is 3.67. The molecule has 0 aromatic carbocycles. The average molecular weight is 604 g/mol. The number of nitrogens with one attached hydrogen (secondary N) is 1. The minimum Gasteiger partial charge on any atom is -0.366 e. The van der Waals surface area contributed by atoms with E-state index in [2.05, 4.69) is 26.0 Å². The summed E-state index contributed by atoms with van der Waals surface area (Å²) < 4.78 is 58.1. The van der Waals surface area contributed by atoms with Gasteiger partial charge in [-0.1, -0.05) is 11.3 Å². The number of nitriles is 1. The molecule has 16 heteroatoms. The lowest BCUT2D eigenvalue weighted by Crippen LogP contribution is -2.59. The fraction of sp³-hybridized carbons (Fsp3) is 0.560. The van der Waals surface area contributed by atoms with Crippen molar-refractivity contribution in [2.45, 2.75) is 47.7 Å². The molecule has 5 heterocycles. The van der Waals surface area contributed by atoms with E-state index in [4.69, 9.17) is 0 Å². The lowest BCUT2D eigenvalue weighted by molar-refractivity contribution is 0.0668. The Labute approximate surface area is 238 Å². The van der Waals surface area contributed by atoms with Crippen LogP contribution in [-0.4, -0.2) is 101 Å². The molecule has 3 aromatic rings. The Morgan fingerprint density at radius 2 is 1.88 bits per heavy atom. The number of carbonyl (C=O) groups excluding carboxylic acids is 1. The first kappa shape index (κ1) is 26.5. The third kappa shape index (κ3) is 4.50. The quantitative estimate of drug-likeness (QED) is 0.433. The zero-order valence-electron chi connectivity index (χ0n) is 22.0. The Morgan fingerprint density at radius 3 is 2.49 bits per heavy atom. The van der Waals surface area contributed by atoms with Crippen LogP contribution in [-0.2, 0) is 15.4 Å². The highest BCUT2D eigenvalue weighted by atomic mass is 32.2. The number of rotatable bonds is 7. The number of urea groups is 1. The van der Waals surface area contributed by atoms with Gasteiger partial charge < -0.3 is 14.7 Å². The second kappa shape index (κ2) is 9.30. The molecular weight excluding hydrogens is 576 g/mol. The van der Waals surface area contributed by atoms with Gasteiger partial charge in [0.1, 0.15) is 28.2 Å². The maximum absolute atomic E-state index is 13.6. The molecule has 0 bridgehead atoms. The van der Waals surface area contributed by atoms with E-state index < -0.39 is 33.8 Å². The molecule has 216 valence electrons. The molecule has 2 aliphatic carbocycles. The lowest BCUT2D eigenvalue weighted by Gasteiger charge is -2.42. The molecule has 0 spiro atoms. The van der Waals surface area contributed by atoms with Gasteiger partial charge in [-0.25, -0.2) is 31.7 Å². The number of fused-ring (bicyclic) bond motifs is 1. The molecule has 4 aliphatic rings. The van der Waals surface area contributed by atoms with Crippen LogP contribution in [0.2, 0.25) is 0 Å². The number of hydrogen-bond acceptors (Lipinski definition) is 9. The monoisotopic (exact) mass is 603 g/mol. The minimum atomic E-state index is -4.09. The summed E-state index contributed by atoms with van der Waals surface area (Å²) in [4.78, 5) is 22.3. The fourth-order valence-corrected chi connectivity index (χ4v) is 7.79. The number of piperazine rings is 1. The van der Waals surface area contributed by atoms with Crippen LogP contribution in [0.25, 0.3) is 16.3 Å². The molecule has 3 aromatic heterocycles. The molecule has 0 radical (unpaired) electrons. The Balaban J connectivity index is 1.24. The first-order valence-electron chi connectivity index (χ1n) is 13.5. The lowest BCUT2D eigenvalue weighted by atomic mass is 10.1. The van der Waals surface area contributed by atoms with E-state index in [1.165, 1.54) is 22.4 Å². The van der Waals surface area contributed by atoms with Crippen molar-refractivity contribution in [1.82, 2.24) is 34.1 Å². The highest BCUT2D eigenvalue weighted by Gasteiger charge is 2.49. The highest BCUT2D eigenvalue weighted by molar-refractivity contribution is 7.89. The van der Waals surface area contributed by atoms with E-state index in [0.717, 1.165) is 12.8 Å². The van der Waals surface area contributed by atoms with Gasteiger partial charge in [-0.15, -0.1) is 10.2 Å². The van der Waals surface area contributed by atoms with E-state index in [1.54, 1.807) is 21.6 Å². The van der Waals surface area contributed by atoms with E-state index >= 15 is 0 Å². The van der Waals surface area contributed by atoms with E-state index in [0.29, 0.717) is 66.1 Å². The van der Waals surface area contributed by atoms with Crippen molar-refractivity contribution in [1.29, 1.82) is 5.26 Å². The van der Waals surface area contributed by atoms with Crippen LogP contribution in [0.3, 0.4) is 0 Å². The maximum Gasteiger partial charge on any atom is 0.320 e. The average Bonchev–Trinajstić information content (AvgIpc) is 3.82. The summed E-state index contributed by atoms with van der Waals surface area (Å²) in [5.74, 6) is 0.384. The van der Waals surface area contributed by atoms with E-state index in [9.17, 15) is 27.3 Å². The molecule has 2 saturated heterocycles. The van der Waals surface area contributed by atoms with Crippen molar-refractivity contribution < 1.29 is 22.0 Å². The molecule has 4 fully saturated rings. The number of amides is 2. The zero-order valence-corrected chi connectivity index (χ0v) is 23.6. The van der Waals surface area contributed by atoms with Crippen LogP contribution in [0.4, 0.5) is 19.3 Å². The summed E-state index contributed by atoms with van der Waals surface area (Å²) >= 11 is 1.26. The minimum absolute atomic E-state index is 0.0486. The first-order valence-corrected chi connectivity index (χ1v) is 15.8. The summed E-state index contributed by atoms with van der Waals surface area (Å²) in [5, 5.41) is 19.1. The van der Waals surface area contributed by atoms with Gasteiger partial charge in [-0.3, -0.25) is 4.40 Å². The number of aromatic nitrogens is 4. The number of anilines is 1. The van der Waals surface area contributed by atoms with Crippen molar-refractivity contribution in [3.8, 4) is 16.9 Å². The Kier molecular flexibility index (Phi) is 6.00. The number of hydrogen-bond donors (Lipinski definition) is 1. The second-order valence-electron chi connectivity index (χ2n) is 11.3. The molecule has 1 N–H and O–H groups in total. The highest BCUT2D eigenvalue weighted by Crippen LogP contribution is 2.49. The Bertz CT molecular complexity index is 1680. The van der Waals surface area contributed by atoms with Crippen molar-refractivity contribution >= 4 is 38.6 Å². The van der Waals surface area contributed by atoms with Gasteiger partial charge in [-0.05, 0) is 31.7 Å². The molecule has 2 amide bonds. The molecule has 41 heavy (non-hydrogen) atoms. The predicted octanol–water partition coefficient (Wildman–Crippen LogP) is 2.08. The molecule has 2 aliphatic heterocycles. The number of pyridine rings is 1. The number of imidazole rings is 1. The third-order valence-corrected chi connectivity index (χ3v) is 11.0. The predicted molar refractivity (Wildman–Crippen MR) is 145 cm³/mol. The molecular formula is C25H27F2N9O3S2. The topological polar surface area (TPSA) is 140 Å². The molecule has 0 unspecified atom stereocenters. The normalized spacial score (nSPS) is 21.5. The standard InChI is InChI=1S/C25H27F2N9O3S2/c26-14-25(3-4-25)32-41(38,39)17-9-18(33-5-7-34(8-6-33)23(37)35-11-16(27)12-35)19-10-29-20(36(19)13-17)21-30-31-22(40-21)24(15-28)1-2-24/h9-10,13,16,32H,1-8,11-12,14H2. The van der Waals surface area contributed by atoms with Gasteiger partial charge in [-0.2, -0.15) is 5.26 Å². The van der Waals surface area contributed by atoms with Gasteiger partial charge >= 0.3 is 6.03 Å². The largest absolute Gasteiger partial charge is 0.366 e. The van der Waals surface area contributed by atoms with Crippen molar-refractivity contribution in [2.75, 3.05) is 50.8 Å². The van der Waals surface area contributed by atoms with Crippen molar-refractivity contribution in [3.05, 3.63) is 23.5 Å². The van der Waals surface area contributed by atoms with Gasteiger partial charge in [0.05, 0.1) is 42.1 Å². The summed E-state index contributed by atoms with van der Waals surface area (Å²) in [6.07, 6.45) is 4.40. The van der Waals surface area contributed by atoms with Crippen LogP contribution in [0.5, 0.6) is 0 Å². The molecule has 0 atom stereocenters. The summed E-state index contributed by atoms with van der Waals surface area (Å²) in [6.45, 7) is 1.04. The van der Waals surface area contributed by atoms with Gasteiger partial charge in [0.15, 0.2) is 10.8 Å². The fourth-order valence-electron chi connectivity index (χ4n) is 5.30. The number of likely N-dealkylation sites (tertiary alicyclic amines) is 1. The van der Waals surface area contributed by atoms with Crippen LogP contribution in [0, 0.1) is 11.3 Å². The van der Waals surface area contributed by atoms with E-state index in [1.807, 2.05) is 4.90 Å². The summed E-state index contributed by atoms with van der Waals surface area (Å²) in [5.41, 5.74) is -0.462. The number of carbonyl (C=O) groups is 1. The van der Waals surface area contributed by atoms with E-state index in [-0.39, 0.29) is 24.0 Å². The van der Waals surface area contributed by atoms with Crippen LogP contribution < -0.4 is 9.62 Å². The Morgan fingerprint density at radius 1 is 1.15 bits per heavy atom. The van der Waals surface area contributed by atoms with Crippen LogP contribution in [0.15, 0.2) is 23.4 Å². The number of alkyl halides is 2. The maximum atomic E-state index is 13.6. The smallest absolute Gasteiger partial charge is 0.320 e. The molecule has 12 nitrogen and oxygen atoms in total. The summed E-state index contributed by atoms with van der Waals surface area (Å²) in [7, 11) is -4.09. The Hall–Kier alpha value is -3.42. The molecule has 2 saturated carbocycles. The number of nitrogens with zero attached hydrogens (tertiary/aromatic N) is 8. The van der Waals surface area contributed by atoms with Crippen LogP contribution in [0.1, 0.15) is 30.7 Å². The molecule has 7 rings (SSSR count). The zero-order chi connectivity index (χ0) is 28.6. The van der Waals surface area contributed by atoms with Crippen molar-refractivity contribution in [3.63, 3.8) is 0 Å². The van der Waals surface area contributed by atoms with Crippen molar-refractivity contribution in [2.24, 2.45) is 0 Å². The first-order chi connectivity index (χ1) is 19.7. The SMILES string of the molecule is N#CC1(c2nnc(-c3ncc4c(N5CCN(C(=O)N6CC(F)C6)CC5)cc(S(=O)(=O)NC5(CF)CC5)cn34)s2)CC1. The number of sulfonamides is 1. The van der Waals surface area contributed by atoms with Gasteiger partial charge in [0.25, 0.3) is 0 Å². The third-order valence-electron chi connectivity index (χ3n) is 8.35. The van der Waals surface area contributed by atoms with Gasteiger partial charge in [0, 0.05) is 32.4 Å². The second-order valence-corrected chi connectivity index (χ2v) is 13.9.